The van der Waals surface area contributed by atoms with Gasteiger partial charge in [0.15, 0.2) is 0 Å². The quantitative estimate of drug-likeness (QED) is 0.785. The van der Waals surface area contributed by atoms with Gasteiger partial charge < -0.3 is 9.84 Å². The fourth-order valence-corrected chi connectivity index (χ4v) is 3.64. The van der Waals surface area contributed by atoms with E-state index in [4.69, 9.17) is 4.52 Å². The van der Waals surface area contributed by atoms with E-state index in [0.717, 1.165) is 35.2 Å². The van der Waals surface area contributed by atoms with Crippen LogP contribution in [0.15, 0.2) is 41.1 Å². The van der Waals surface area contributed by atoms with Gasteiger partial charge in [0, 0.05) is 42.1 Å². The lowest BCUT2D eigenvalue weighted by atomic mass is 10.1. The summed E-state index contributed by atoms with van der Waals surface area (Å²) in [5, 5.41) is 9.77. The van der Waals surface area contributed by atoms with Crippen molar-refractivity contribution in [1.29, 1.82) is 0 Å². The van der Waals surface area contributed by atoms with Gasteiger partial charge in [-0.1, -0.05) is 29.4 Å². The smallest absolute Gasteiger partial charge is 0.228 e. The normalized spacial score (nSPS) is 17.8. The second-order valence-electron chi connectivity index (χ2n) is 5.32. The molecule has 1 atom stereocenters. The van der Waals surface area contributed by atoms with Gasteiger partial charge in [0.25, 0.3) is 0 Å². The Morgan fingerprint density at radius 2 is 2.17 bits per heavy atom. The van der Waals surface area contributed by atoms with Crippen LogP contribution >= 0.6 is 24.2 Å². The maximum Gasteiger partial charge on any atom is 0.228 e. The van der Waals surface area contributed by atoms with Crippen molar-refractivity contribution in [2.75, 3.05) is 18.1 Å². The lowest BCUT2D eigenvalue weighted by Crippen LogP contribution is -2.38. The van der Waals surface area contributed by atoms with E-state index < -0.39 is 0 Å². The van der Waals surface area contributed by atoms with Crippen LogP contribution in [-0.4, -0.2) is 39.2 Å². The molecule has 1 fully saturated rings. The molecule has 1 saturated heterocycles. The number of hydrogen-bond donors (Lipinski definition) is 1. The van der Waals surface area contributed by atoms with Crippen LogP contribution in [0.3, 0.4) is 0 Å². The van der Waals surface area contributed by atoms with Gasteiger partial charge in [-0.15, -0.1) is 12.4 Å². The molecule has 0 bridgehead atoms. The minimum absolute atomic E-state index is 0. The summed E-state index contributed by atoms with van der Waals surface area (Å²) in [5.41, 5.74) is 0.777. The zero-order valence-corrected chi connectivity index (χ0v) is 14.1. The van der Waals surface area contributed by atoms with Crippen molar-refractivity contribution in [2.24, 2.45) is 0 Å². The van der Waals surface area contributed by atoms with E-state index >= 15 is 0 Å². The lowest BCUT2D eigenvalue weighted by molar-refractivity contribution is 0.363. The van der Waals surface area contributed by atoms with Gasteiger partial charge in [-0.3, -0.25) is 4.98 Å². The van der Waals surface area contributed by atoms with E-state index in [1.165, 1.54) is 5.75 Å². The van der Waals surface area contributed by atoms with Crippen LogP contribution in [0.1, 0.15) is 5.89 Å². The Morgan fingerprint density at radius 3 is 3.04 bits per heavy atom. The highest BCUT2D eigenvalue weighted by Gasteiger charge is 2.18. The number of thioether (sulfide) groups is 1. The number of benzene rings is 1. The van der Waals surface area contributed by atoms with E-state index in [-0.39, 0.29) is 12.4 Å². The summed E-state index contributed by atoms with van der Waals surface area (Å²) in [6, 6.07) is 10.5. The Balaban J connectivity index is 0.00000156. The van der Waals surface area contributed by atoms with E-state index in [1.807, 2.05) is 36.0 Å². The molecule has 2 aromatic heterocycles. The molecule has 1 aliphatic heterocycles. The van der Waals surface area contributed by atoms with Gasteiger partial charge >= 0.3 is 0 Å². The highest BCUT2D eigenvalue weighted by molar-refractivity contribution is 7.99. The van der Waals surface area contributed by atoms with Crippen molar-refractivity contribution < 1.29 is 4.52 Å². The molecule has 4 rings (SSSR count). The second kappa shape index (κ2) is 7.29. The van der Waals surface area contributed by atoms with Crippen molar-refractivity contribution in [2.45, 2.75) is 12.5 Å². The number of hydrogen-bond acceptors (Lipinski definition) is 6. The first kappa shape index (κ1) is 16.2. The van der Waals surface area contributed by atoms with Crippen LogP contribution in [0, 0.1) is 0 Å². The molecule has 0 aliphatic carbocycles. The van der Waals surface area contributed by atoms with Gasteiger partial charge in [0.05, 0.1) is 0 Å². The zero-order valence-electron chi connectivity index (χ0n) is 12.4. The molecule has 0 spiro atoms. The third-order valence-corrected chi connectivity index (χ3v) is 4.90. The van der Waals surface area contributed by atoms with Crippen molar-refractivity contribution in [3.63, 3.8) is 0 Å². The molecule has 3 heterocycles. The van der Waals surface area contributed by atoms with Crippen LogP contribution in [0.25, 0.3) is 22.3 Å². The molecular formula is C16H17ClN4OS. The number of nitrogens with one attached hydrogen (secondary N) is 1. The highest BCUT2D eigenvalue weighted by atomic mass is 35.5. The fraction of sp³-hybridized carbons (Fsp3) is 0.312. The third-order valence-electron chi connectivity index (χ3n) is 3.77. The molecule has 1 unspecified atom stereocenters. The Morgan fingerprint density at radius 1 is 1.26 bits per heavy atom. The first-order chi connectivity index (χ1) is 10.9. The first-order valence-corrected chi connectivity index (χ1v) is 8.53. The Hall–Kier alpha value is -1.63. The van der Waals surface area contributed by atoms with Gasteiger partial charge in [0.2, 0.25) is 11.7 Å². The molecule has 1 N–H and O–H groups in total. The molecule has 3 aromatic rings. The average molecular weight is 349 g/mol. The third kappa shape index (κ3) is 3.49. The SMILES string of the molecule is Cl.c1ccc2c(-c3noc(CC4CSCCN4)n3)nccc2c1. The van der Waals surface area contributed by atoms with E-state index in [2.05, 4.69) is 26.5 Å². The predicted octanol–water partition coefficient (Wildman–Crippen LogP) is 2.95. The summed E-state index contributed by atoms with van der Waals surface area (Å²) < 4.78 is 5.42. The molecule has 1 aliphatic rings. The standard InChI is InChI=1S/C16H16N4OS.ClH/c1-2-4-13-11(3-1)5-6-18-15(13)16-19-14(21-20-16)9-12-10-22-8-7-17-12;/h1-6,12,17H,7-10H2;1H. The topological polar surface area (TPSA) is 63.8 Å². The summed E-state index contributed by atoms with van der Waals surface area (Å²) in [6.45, 7) is 1.04. The number of halogens is 1. The van der Waals surface area contributed by atoms with Crippen LogP contribution in [-0.2, 0) is 6.42 Å². The number of aromatic nitrogens is 3. The number of pyridine rings is 1. The summed E-state index contributed by atoms with van der Waals surface area (Å²) in [5.74, 6) is 3.50. The highest BCUT2D eigenvalue weighted by Crippen LogP contribution is 2.24. The summed E-state index contributed by atoms with van der Waals surface area (Å²) in [7, 11) is 0. The molecule has 1 aromatic carbocycles. The fourth-order valence-electron chi connectivity index (χ4n) is 2.69. The van der Waals surface area contributed by atoms with Gasteiger partial charge in [-0.25, -0.2) is 0 Å². The molecule has 23 heavy (non-hydrogen) atoms. The average Bonchev–Trinajstić information content (AvgIpc) is 3.03. The van der Waals surface area contributed by atoms with Crippen molar-refractivity contribution in [3.8, 4) is 11.5 Å². The van der Waals surface area contributed by atoms with Crippen molar-refractivity contribution >= 4 is 34.9 Å². The first-order valence-electron chi connectivity index (χ1n) is 7.38. The minimum atomic E-state index is 0. The molecule has 0 saturated carbocycles. The molecule has 0 radical (unpaired) electrons. The largest absolute Gasteiger partial charge is 0.339 e. The van der Waals surface area contributed by atoms with Crippen LogP contribution in [0.2, 0.25) is 0 Å². The van der Waals surface area contributed by atoms with Crippen LogP contribution < -0.4 is 5.32 Å². The van der Waals surface area contributed by atoms with Crippen LogP contribution in [0.4, 0.5) is 0 Å². The van der Waals surface area contributed by atoms with E-state index in [9.17, 15) is 0 Å². The predicted molar refractivity (Wildman–Crippen MR) is 95.1 cm³/mol. The number of rotatable bonds is 3. The zero-order chi connectivity index (χ0) is 14.8. The minimum Gasteiger partial charge on any atom is -0.339 e. The molecule has 7 heteroatoms. The van der Waals surface area contributed by atoms with Gasteiger partial charge in [-0.05, 0) is 11.5 Å². The van der Waals surface area contributed by atoms with Crippen LogP contribution in [0.5, 0.6) is 0 Å². The maximum atomic E-state index is 5.42. The Kier molecular flexibility index (Phi) is 5.15. The number of fused-ring (bicyclic) bond motifs is 1. The van der Waals surface area contributed by atoms with Gasteiger partial charge in [-0.2, -0.15) is 16.7 Å². The number of nitrogens with zero attached hydrogens (tertiary/aromatic N) is 3. The monoisotopic (exact) mass is 348 g/mol. The summed E-state index contributed by atoms with van der Waals surface area (Å²) >= 11 is 1.96. The lowest BCUT2D eigenvalue weighted by Gasteiger charge is -2.21. The molecular weight excluding hydrogens is 332 g/mol. The summed E-state index contributed by atoms with van der Waals surface area (Å²) in [4.78, 5) is 8.97. The maximum absolute atomic E-state index is 5.42. The van der Waals surface area contributed by atoms with E-state index in [1.54, 1.807) is 6.20 Å². The molecule has 120 valence electrons. The van der Waals surface area contributed by atoms with Crippen molar-refractivity contribution in [1.82, 2.24) is 20.4 Å². The van der Waals surface area contributed by atoms with Gasteiger partial charge in [0.1, 0.15) is 5.69 Å². The summed E-state index contributed by atoms with van der Waals surface area (Å²) in [6.07, 6.45) is 2.55. The second-order valence-corrected chi connectivity index (χ2v) is 6.47. The molecule has 5 nitrogen and oxygen atoms in total. The Bertz CT molecular complexity index is 783. The Labute approximate surface area is 144 Å². The molecule has 0 amide bonds. The van der Waals surface area contributed by atoms with E-state index in [0.29, 0.717) is 17.8 Å². The van der Waals surface area contributed by atoms with Crippen molar-refractivity contribution in [3.05, 3.63) is 42.4 Å².